The minimum atomic E-state index is 0.790. The monoisotopic (exact) mass is 220 g/mol. The lowest BCUT2D eigenvalue weighted by atomic mass is 10.3. The van der Waals surface area contributed by atoms with Crippen molar-refractivity contribution in [2.24, 2.45) is 7.05 Å². The van der Waals surface area contributed by atoms with Crippen molar-refractivity contribution in [1.82, 2.24) is 14.8 Å². The summed E-state index contributed by atoms with van der Waals surface area (Å²) in [7, 11) is 1.89. The third-order valence-electron chi connectivity index (χ3n) is 2.03. The van der Waals surface area contributed by atoms with Gasteiger partial charge in [-0.25, -0.2) is 4.98 Å². The maximum absolute atomic E-state index is 5.69. The zero-order valence-corrected chi connectivity index (χ0v) is 9.24. The van der Waals surface area contributed by atoms with Crippen LogP contribution in [-0.2, 0) is 12.8 Å². The first-order valence-electron chi connectivity index (χ1n) is 4.57. The number of hydrogen-bond acceptors (Lipinski definition) is 4. The number of aryl methyl sites for hydroxylation is 1. The predicted molar refractivity (Wildman–Crippen MR) is 61.4 cm³/mol. The molecule has 0 spiro atoms. The first-order valence-corrected chi connectivity index (χ1v) is 5.55. The Morgan fingerprint density at radius 2 is 2.33 bits per heavy atom. The highest BCUT2D eigenvalue weighted by atomic mass is 32.2. The van der Waals surface area contributed by atoms with Crippen molar-refractivity contribution >= 4 is 17.4 Å². The Labute approximate surface area is 92.5 Å². The quantitative estimate of drug-likeness (QED) is 0.631. The predicted octanol–water partition coefficient (Wildman–Crippen LogP) is 1.69. The van der Waals surface area contributed by atoms with Gasteiger partial charge in [0.1, 0.15) is 12.2 Å². The van der Waals surface area contributed by atoms with Crippen LogP contribution in [0.4, 0.5) is 5.69 Å². The van der Waals surface area contributed by atoms with Crippen LogP contribution in [0.3, 0.4) is 0 Å². The fraction of sp³-hybridized carbons (Fsp3) is 0.200. The van der Waals surface area contributed by atoms with E-state index in [0.29, 0.717) is 0 Å². The molecule has 2 rings (SSSR count). The largest absolute Gasteiger partial charge is 0.399 e. The highest BCUT2D eigenvalue weighted by molar-refractivity contribution is 7.98. The van der Waals surface area contributed by atoms with Crippen molar-refractivity contribution in [3.8, 4) is 0 Å². The molecule has 0 atom stereocenters. The molecule has 0 saturated heterocycles. The summed E-state index contributed by atoms with van der Waals surface area (Å²) < 4.78 is 1.78. The molecule has 0 fully saturated rings. The average Bonchev–Trinajstić information content (AvgIpc) is 2.61. The molecule has 5 heteroatoms. The minimum Gasteiger partial charge on any atom is -0.399 e. The lowest BCUT2D eigenvalue weighted by Crippen LogP contribution is -1.97. The van der Waals surface area contributed by atoms with Crippen LogP contribution in [0.5, 0.6) is 0 Å². The van der Waals surface area contributed by atoms with Gasteiger partial charge >= 0.3 is 0 Å². The number of nitrogens with zero attached hydrogens (tertiary/aromatic N) is 3. The van der Waals surface area contributed by atoms with Crippen LogP contribution >= 0.6 is 11.8 Å². The van der Waals surface area contributed by atoms with Crippen LogP contribution in [0.1, 0.15) is 5.82 Å². The SMILES string of the molecule is Cn1ncnc1CSc1cccc(N)c1. The van der Waals surface area contributed by atoms with E-state index in [1.165, 1.54) is 0 Å². The van der Waals surface area contributed by atoms with E-state index in [2.05, 4.69) is 10.1 Å². The highest BCUT2D eigenvalue weighted by Crippen LogP contribution is 2.22. The van der Waals surface area contributed by atoms with Gasteiger partial charge in [-0.2, -0.15) is 5.10 Å². The summed E-state index contributed by atoms with van der Waals surface area (Å²) in [6, 6.07) is 7.83. The third kappa shape index (κ3) is 2.50. The molecule has 78 valence electrons. The van der Waals surface area contributed by atoms with Gasteiger partial charge in [-0.05, 0) is 18.2 Å². The van der Waals surface area contributed by atoms with Gasteiger partial charge in [-0.15, -0.1) is 11.8 Å². The normalized spacial score (nSPS) is 10.5. The fourth-order valence-corrected chi connectivity index (χ4v) is 2.15. The standard InChI is InChI=1S/C10H12N4S/c1-14-10(12-7-13-14)6-15-9-4-2-3-8(11)5-9/h2-5,7H,6,11H2,1H3. The Morgan fingerprint density at radius 1 is 1.47 bits per heavy atom. The highest BCUT2D eigenvalue weighted by Gasteiger charge is 2.01. The van der Waals surface area contributed by atoms with E-state index < -0.39 is 0 Å². The first kappa shape index (κ1) is 10.0. The van der Waals surface area contributed by atoms with Crippen molar-refractivity contribution in [3.05, 3.63) is 36.4 Å². The van der Waals surface area contributed by atoms with Gasteiger partial charge in [0.15, 0.2) is 0 Å². The van der Waals surface area contributed by atoms with Gasteiger partial charge in [0, 0.05) is 17.6 Å². The van der Waals surface area contributed by atoms with Gasteiger partial charge in [0.2, 0.25) is 0 Å². The molecule has 0 bridgehead atoms. The zero-order chi connectivity index (χ0) is 10.7. The van der Waals surface area contributed by atoms with Crippen LogP contribution in [-0.4, -0.2) is 14.8 Å². The second-order valence-electron chi connectivity index (χ2n) is 3.16. The average molecular weight is 220 g/mol. The third-order valence-corrected chi connectivity index (χ3v) is 3.02. The second-order valence-corrected chi connectivity index (χ2v) is 4.21. The minimum absolute atomic E-state index is 0.790. The Balaban J connectivity index is 2.02. The van der Waals surface area contributed by atoms with Gasteiger partial charge in [0.05, 0.1) is 5.75 Å². The van der Waals surface area contributed by atoms with E-state index in [4.69, 9.17) is 5.73 Å². The number of nitrogens with two attached hydrogens (primary N) is 1. The van der Waals surface area contributed by atoms with Gasteiger partial charge in [-0.3, -0.25) is 4.68 Å². The molecule has 2 aromatic rings. The van der Waals surface area contributed by atoms with E-state index in [1.54, 1.807) is 22.8 Å². The summed E-state index contributed by atoms with van der Waals surface area (Å²) in [6.45, 7) is 0. The van der Waals surface area contributed by atoms with Gasteiger partial charge in [-0.1, -0.05) is 6.07 Å². The van der Waals surface area contributed by atoms with Crippen LogP contribution in [0, 0.1) is 0 Å². The van der Waals surface area contributed by atoms with Crippen molar-refractivity contribution < 1.29 is 0 Å². The summed E-state index contributed by atoms with van der Waals surface area (Å²) in [5, 5.41) is 4.01. The number of anilines is 1. The van der Waals surface area contributed by atoms with Crippen molar-refractivity contribution in [2.45, 2.75) is 10.6 Å². The lowest BCUT2D eigenvalue weighted by molar-refractivity contribution is 0.730. The van der Waals surface area contributed by atoms with E-state index in [1.807, 2.05) is 31.3 Å². The fourth-order valence-electron chi connectivity index (χ4n) is 1.20. The molecular formula is C10H12N4S. The second kappa shape index (κ2) is 4.35. The van der Waals surface area contributed by atoms with Crippen LogP contribution in [0.15, 0.2) is 35.5 Å². The van der Waals surface area contributed by atoms with E-state index in [0.717, 1.165) is 22.2 Å². The molecule has 0 radical (unpaired) electrons. The molecule has 0 aliphatic carbocycles. The molecular weight excluding hydrogens is 208 g/mol. The summed E-state index contributed by atoms with van der Waals surface area (Å²) in [6.07, 6.45) is 1.56. The zero-order valence-electron chi connectivity index (χ0n) is 8.42. The molecule has 0 unspecified atom stereocenters. The number of rotatable bonds is 3. The van der Waals surface area contributed by atoms with E-state index >= 15 is 0 Å². The Kier molecular flexibility index (Phi) is 2.91. The summed E-state index contributed by atoms with van der Waals surface area (Å²) in [5.74, 6) is 1.77. The molecule has 0 aliphatic rings. The Bertz CT molecular complexity index is 452. The molecule has 0 saturated carbocycles. The first-order chi connectivity index (χ1) is 7.25. The van der Waals surface area contributed by atoms with Crippen LogP contribution in [0.2, 0.25) is 0 Å². The topological polar surface area (TPSA) is 56.7 Å². The van der Waals surface area contributed by atoms with Crippen molar-refractivity contribution in [1.29, 1.82) is 0 Å². The molecule has 15 heavy (non-hydrogen) atoms. The van der Waals surface area contributed by atoms with Gasteiger partial charge in [0.25, 0.3) is 0 Å². The molecule has 0 aliphatic heterocycles. The molecule has 0 amide bonds. The van der Waals surface area contributed by atoms with Gasteiger partial charge < -0.3 is 5.73 Å². The number of aromatic nitrogens is 3. The number of hydrogen-bond donors (Lipinski definition) is 1. The maximum atomic E-state index is 5.69. The van der Waals surface area contributed by atoms with Crippen LogP contribution in [0.25, 0.3) is 0 Å². The van der Waals surface area contributed by atoms with Crippen LogP contribution < -0.4 is 5.73 Å². The Morgan fingerprint density at radius 3 is 3.00 bits per heavy atom. The van der Waals surface area contributed by atoms with E-state index in [-0.39, 0.29) is 0 Å². The smallest absolute Gasteiger partial charge is 0.138 e. The number of nitrogen functional groups attached to an aromatic ring is 1. The van der Waals surface area contributed by atoms with Crippen molar-refractivity contribution in [2.75, 3.05) is 5.73 Å². The lowest BCUT2D eigenvalue weighted by Gasteiger charge is -2.01. The summed E-state index contributed by atoms with van der Waals surface area (Å²) in [4.78, 5) is 5.30. The summed E-state index contributed by atoms with van der Waals surface area (Å²) >= 11 is 1.70. The number of thioether (sulfide) groups is 1. The number of benzene rings is 1. The van der Waals surface area contributed by atoms with E-state index in [9.17, 15) is 0 Å². The molecule has 1 aromatic heterocycles. The molecule has 2 N–H and O–H groups in total. The molecule has 1 aromatic carbocycles. The van der Waals surface area contributed by atoms with Crippen molar-refractivity contribution in [3.63, 3.8) is 0 Å². The Hall–Kier alpha value is -1.49. The molecule has 4 nitrogen and oxygen atoms in total. The maximum Gasteiger partial charge on any atom is 0.138 e. The summed E-state index contributed by atoms with van der Waals surface area (Å²) in [5.41, 5.74) is 6.48. The molecule has 1 heterocycles.